The van der Waals surface area contributed by atoms with E-state index in [1.165, 1.54) is 0 Å². The number of nitrogens with zero attached hydrogens (tertiary/aromatic N) is 2. The zero-order valence-corrected chi connectivity index (χ0v) is 11.7. The Labute approximate surface area is 109 Å². The SMILES string of the molecule is CC(C)(C)OC(=O)Nc1ncc(CCBr)cn1. The predicted octanol–water partition coefficient (Wildman–Crippen LogP) is 2.76. The number of amides is 1. The summed E-state index contributed by atoms with van der Waals surface area (Å²) in [6.45, 7) is 5.39. The smallest absolute Gasteiger partial charge is 0.414 e. The summed E-state index contributed by atoms with van der Waals surface area (Å²) in [7, 11) is 0. The zero-order chi connectivity index (χ0) is 12.9. The lowest BCUT2D eigenvalue weighted by Gasteiger charge is -2.19. The van der Waals surface area contributed by atoms with E-state index in [1.807, 2.05) is 0 Å². The molecule has 0 aliphatic heterocycles. The number of carbonyl (C=O) groups is 1. The lowest BCUT2D eigenvalue weighted by molar-refractivity contribution is 0.0634. The van der Waals surface area contributed by atoms with Crippen molar-refractivity contribution < 1.29 is 9.53 Å². The topological polar surface area (TPSA) is 64.1 Å². The fourth-order valence-electron chi connectivity index (χ4n) is 1.05. The molecule has 1 rings (SSSR count). The maximum Gasteiger partial charge on any atom is 0.414 e. The van der Waals surface area contributed by atoms with Crippen molar-refractivity contribution in [3.05, 3.63) is 18.0 Å². The number of ether oxygens (including phenoxy) is 1. The van der Waals surface area contributed by atoms with E-state index in [1.54, 1.807) is 33.2 Å². The number of nitrogens with one attached hydrogen (secondary N) is 1. The first-order valence-corrected chi connectivity index (χ1v) is 6.40. The van der Waals surface area contributed by atoms with Crippen LogP contribution in [0.15, 0.2) is 12.4 Å². The van der Waals surface area contributed by atoms with Crippen LogP contribution in [0.3, 0.4) is 0 Å². The van der Waals surface area contributed by atoms with Crippen LogP contribution in [0.2, 0.25) is 0 Å². The van der Waals surface area contributed by atoms with Crippen LogP contribution in [-0.4, -0.2) is 27.0 Å². The summed E-state index contributed by atoms with van der Waals surface area (Å²) < 4.78 is 5.08. The van der Waals surface area contributed by atoms with Crippen LogP contribution in [-0.2, 0) is 11.2 Å². The second-order valence-electron chi connectivity index (χ2n) is 4.48. The highest BCUT2D eigenvalue weighted by atomic mass is 79.9. The van der Waals surface area contributed by atoms with E-state index in [4.69, 9.17) is 4.74 Å². The van der Waals surface area contributed by atoms with Crippen molar-refractivity contribution in [2.45, 2.75) is 32.8 Å². The molecule has 0 saturated carbocycles. The van der Waals surface area contributed by atoms with Crippen molar-refractivity contribution in [1.82, 2.24) is 9.97 Å². The number of hydrogen-bond donors (Lipinski definition) is 1. The van der Waals surface area contributed by atoms with Gasteiger partial charge in [0.05, 0.1) is 0 Å². The Balaban J connectivity index is 2.54. The molecule has 0 atom stereocenters. The van der Waals surface area contributed by atoms with E-state index in [9.17, 15) is 4.79 Å². The summed E-state index contributed by atoms with van der Waals surface area (Å²) in [5.41, 5.74) is 0.483. The molecule has 0 fully saturated rings. The normalized spacial score (nSPS) is 11.1. The third-order valence-corrected chi connectivity index (χ3v) is 2.10. The van der Waals surface area contributed by atoms with Crippen LogP contribution in [0, 0.1) is 0 Å². The molecule has 1 heterocycles. The Bertz CT molecular complexity index is 373. The molecule has 6 heteroatoms. The summed E-state index contributed by atoms with van der Waals surface area (Å²) in [6, 6.07) is 0. The van der Waals surface area contributed by atoms with Gasteiger partial charge in [-0.25, -0.2) is 14.8 Å². The van der Waals surface area contributed by atoms with E-state index >= 15 is 0 Å². The summed E-state index contributed by atoms with van der Waals surface area (Å²) >= 11 is 3.33. The van der Waals surface area contributed by atoms with Gasteiger partial charge < -0.3 is 4.74 Å². The highest BCUT2D eigenvalue weighted by molar-refractivity contribution is 9.09. The highest BCUT2D eigenvalue weighted by Gasteiger charge is 2.16. The molecule has 1 aromatic heterocycles. The molecule has 94 valence electrons. The Hall–Kier alpha value is -1.17. The molecule has 0 bridgehead atoms. The molecule has 0 spiro atoms. The van der Waals surface area contributed by atoms with Crippen LogP contribution in [0.5, 0.6) is 0 Å². The van der Waals surface area contributed by atoms with E-state index in [-0.39, 0.29) is 5.95 Å². The Morgan fingerprint density at radius 2 is 2.00 bits per heavy atom. The minimum atomic E-state index is -0.550. The second-order valence-corrected chi connectivity index (χ2v) is 5.27. The van der Waals surface area contributed by atoms with E-state index in [0.717, 1.165) is 17.3 Å². The Morgan fingerprint density at radius 3 is 2.47 bits per heavy atom. The minimum Gasteiger partial charge on any atom is -0.444 e. The van der Waals surface area contributed by atoms with Gasteiger partial charge >= 0.3 is 6.09 Å². The van der Waals surface area contributed by atoms with Crippen molar-refractivity contribution >= 4 is 28.0 Å². The Morgan fingerprint density at radius 1 is 1.41 bits per heavy atom. The number of rotatable bonds is 3. The van der Waals surface area contributed by atoms with Gasteiger partial charge in [-0.15, -0.1) is 0 Å². The maximum atomic E-state index is 11.4. The number of hydrogen-bond acceptors (Lipinski definition) is 4. The summed E-state index contributed by atoms with van der Waals surface area (Å²) in [5, 5.41) is 3.33. The molecule has 1 aromatic rings. The molecule has 0 aliphatic carbocycles. The zero-order valence-electron chi connectivity index (χ0n) is 10.2. The number of aromatic nitrogens is 2. The van der Waals surface area contributed by atoms with E-state index in [2.05, 4.69) is 31.2 Å². The van der Waals surface area contributed by atoms with Crippen molar-refractivity contribution in [2.24, 2.45) is 0 Å². The molecule has 0 aliphatic rings. The van der Waals surface area contributed by atoms with Crippen LogP contribution in [0.4, 0.5) is 10.7 Å². The van der Waals surface area contributed by atoms with Gasteiger partial charge in [-0.1, -0.05) is 15.9 Å². The molecule has 0 unspecified atom stereocenters. The van der Waals surface area contributed by atoms with E-state index in [0.29, 0.717) is 0 Å². The number of alkyl halides is 1. The van der Waals surface area contributed by atoms with Crippen molar-refractivity contribution in [3.8, 4) is 0 Å². The predicted molar refractivity (Wildman–Crippen MR) is 69.4 cm³/mol. The monoisotopic (exact) mass is 301 g/mol. The Kier molecular flexibility index (Phi) is 4.86. The molecule has 0 aromatic carbocycles. The highest BCUT2D eigenvalue weighted by Crippen LogP contribution is 2.09. The van der Waals surface area contributed by atoms with Crippen LogP contribution in [0.1, 0.15) is 26.3 Å². The molecule has 5 nitrogen and oxygen atoms in total. The van der Waals surface area contributed by atoms with Crippen LogP contribution < -0.4 is 5.32 Å². The van der Waals surface area contributed by atoms with Crippen LogP contribution >= 0.6 is 15.9 Å². The standard InChI is InChI=1S/C11H16BrN3O2/c1-11(2,3)17-10(16)15-9-13-6-8(4-5-12)7-14-9/h6-7H,4-5H2,1-3H3,(H,13,14,15,16). The van der Waals surface area contributed by atoms with Gasteiger partial charge in [-0.05, 0) is 32.8 Å². The van der Waals surface area contributed by atoms with Gasteiger partial charge in [-0.3, -0.25) is 5.32 Å². The molecule has 0 saturated heterocycles. The quantitative estimate of drug-likeness (QED) is 0.872. The number of anilines is 1. The first kappa shape index (κ1) is 13.9. The van der Waals surface area contributed by atoms with Crippen molar-refractivity contribution in [2.75, 3.05) is 10.6 Å². The first-order valence-electron chi connectivity index (χ1n) is 5.27. The van der Waals surface area contributed by atoms with Gasteiger partial charge in [0.15, 0.2) is 0 Å². The van der Waals surface area contributed by atoms with Crippen LogP contribution in [0.25, 0.3) is 0 Å². The average Bonchev–Trinajstić information content (AvgIpc) is 2.18. The maximum absolute atomic E-state index is 11.4. The fraction of sp³-hybridized carbons (Fsp3) is 0.545. The van der Waals surface area contributed by atoms with Gasteiger partial charge in [-0.2, -0.15) is 0 Å². The second kappa shape index (κ2) is 5.95. The first-order chi connectivity index (χ1) is 7.90. The molecule has 1 N–H and O–H groups in total. The lowest BCUT2D eigenvalue weighted by atomic mass is 10.2. The summed E-state index contributed by atoms with van der Waals surface area (Å²) in [4.78, 5) is 19.5. The van der Waals surface area contributed by atoms with E-state index < -0.39 is 11.7 Å². The molecular weight excluding hydrogens is 286 g/mol. The molecule has 0 radical (unpaired) electrons. The largest absolute Gasteiger partial charge is 0.444 e. The molecule has 1 amide bonds. The average molecular weight is 302 g/mol. The lowest BCUT2D eigenvalue weighted by Crippen LogP contribution is -2.27. The third-order valence-electron chi connectivity index (χ3n) is 1.70. The molecular formula is C11H16BrN3O2. The molecule has 17 heavy (non-hydrogen) atoms. The fourth-order valence-corrected chi connectivity index (χ4v) is 1.51. The number of halogens is 1. The number of carbonyl (C=O) groups excluding carboxylic acids is 1. The summed E-state index contributed by atoms with van der Waals surface area (Å²) in [5.74, 6) is 0.248. The van der Waals surface area contributed by atoms with Gasteiger partial charge in [0.2, 0.25) is 5.95 Å². The van der Waals surface area contributed by atoms with Gasteiger partial charge in [0, 0.05) is 17.7 Å². The summed E-state index contributed by atoms with van der Waals surface area (Å²) in [6.07, 6.45) is 3.67. The van der Waals surface area contributed by atoms with Gasteiger partial charge in [0.1, 0.15) is 5.60 Å². The minimum absolute atomic E-state index is 0.248. The number of aryl methyl sites for hydroxylation is 1. The van der Waals surface area contributed by atoms with Crippen molar-refractivity contribution in [3.63, 3.8) is 0 Å². The van der Waals surface area contributed by atoms with Gasteiger partial charge in [0.25, 0.3) is 0 Å². The van der Waals surface area contributed by atoms with Crippen molar-refractivity contribution in [1.29, 1.82) is 0 Å². The third kappa shape index (κ3) is 5.63.